The van der Waals surface area contributed by atoms with Crippen LogP contribution in [-0.4, -0.2) is 37.6 Å². The first kappa shape index (κ1) is 11.2. The summed E-state index contributed by atoms with van der Waals surface area (Å²) in [6, 6.07) is 0. The van der Waals surface area contributed by atoms with E-state index < -0.39 is 6.09 Å². The molecule has 1 saturated heterocycles. The van der Waals surface area contributed by atoms with Crippen LogP contribution in [0.5, 0.6) is 0 Å². The topological polar surface area (TPSA) is 59.6 Å². The Morgan fingerprint density at radius 3 is 3.07 bits per heavy atom. The van der Waals surface area contributed by atoms with Crippen molar-refractivity contribution in [2.24, 2.45) is 0 Å². The zero-order valence-electron chi connectivity index (χ0n) is 8.04. The molecule has 1 fully saturated rings. The molecule has 6 heteroatoms. The van der Waals surface area contributed by atoms with Gasteiger partial charge in [-0.05, 0) is 25.1 Å². The number of alkyl carbamates (subject to hydrolysis) is 1. The van der Waals surface area contributed by atoms with Gasteiger partial charge in [-0.3, -0.25) is 5.32 Å². The van der Waals surface area contributed by atoms with Gasteiger partial charge in [-0.25, -0.2) is 4.79 Å². The highest BCUT2D eigenvalue weighted by Crippen LogP contribution is 2.10. The molecule has 1 atom stereocenters. The summed E-state index contributed by atoms with van der Waals surface area (Å²) in [6.45, 7) is 1.44. The molecule has 1 rings (SSSR count). The van der Waals surface area contributed by atoms with Crippen LogP contribution in [-0.2, 0) is 9.47 Å². The minimum Gasteiger partial charge on any atom is -0.453 e. The van der Waals surface area contributed by atoms with Crippen LogP contribution in [0.3, 0.4) is 0 Å². The number of hydrogen-bond donors (Lipinski definition) is 2. The number of carbonyl (C=O) groups excluding carboxylic acids is 1. The molecule has 1 unspecified atom stereocenters. The smallest absolute Gasteiger partial charge is 0.413 e. The molecule has 0 radical (unpaired) electrons. The number of amides is 1. The normalized spacial score (nSPS) is 20.2. The third kappa shape index (κ3) is 3.89. The van der Waals surface area contributed by atoms with E-state index in [-0.39, 0.29) is 11.2 Å². The van der Waals surface area contributed by atoms with Gasteiger partial charge >= 0.3 is 6.09 Å². The molecule has 0 saturated carbocycles. The van der Waals surface area contributed by atoms with Gasteiger partial charge in [0.2, 0.25) is 0 Å². The van der Waals surface area contributed by atoms with Crippen molar-refractivity contribution in [2.45, 2.75) is 18.9 Å². The van der Waals surface area contributed by atoms with E-state index in [9.17, 15) is 4.79 Å². The highest BCUT2D eigenvalue weighted by molar-refractivity contribution is 7.80. The maximum atomic E-state index is 10.7. The molecular formula is C8H14N2O3S. The summed E-state index contributed by atoms with van der Waals surface area (Å²) in [5.74, 6) is 0. The number of hydrogen-bond acceptors (Lipinski definition) is 4. The second-order valence-corrected chi connectivity index (χ2v) is 3.37. The third-order valence-electron chi connectivity index (χ3n) is 1.92. The van der Waals surface area contributed by atoms with Crippen LogP contribution >= 0.6 is 12.2 Å². The minimum atomic E-state index is -0.560. The Balaban J connectivity index is 2.11. The number of thiocarbonyl (C=S) groups is 1. The minimum absolute atomic E-state index is 0.201. The lowest BCUT2D eigenvalue weighted by Crippen LogP contribution is -2.42. The zero-order valence-corrected chi connectivity index (χ0v) is 8.86. The standard InChI is InChI=1S/C8H14N2O3S/c1-12-8(11)10-7(14)9-5-6-3-2-4-13-6/h6H,2-5H2,1H3,(H2,9,10,11,14). The van der Waals surface area contributed by atoms with Crippen LogP contribution < -0.4 is 10.6 Å². The Morgan fingerprint density at radius 2 is 2.50 bits per heavy atom. The fraction of sp³-hybridized carbons (Fsp3) is 0.750. The summed E-state index contributed by atoms with van der Waals surface area (Å²) < 4.78 is 9.75. The molecule has 1 aliphatic rings. The largest absolute Gasteiger partial charge is 0.453 e. The predicted octanol–water partition coefficient (Wildman–Crippen LogP) is 0.396. The lowest BCUT2D eigenvalue weighted by molar-refractivity contribution is 0.114. The fourth-order valence-electron chi connectivity index (χ4n) is 1.20. The molecule has 14 heavy (non-hydrogen) atoms. The van der Waals surface area contributed by atoms with Crippen LogP contribution in [0.15, 0.2) is 0 Å². The number of nitrogens with one attached hydrogen (secondary N) is 2. The Kier molecular flexibility index (Phi) is 4.61. The maximum Gasteiger partial charge on any atom is 0.413 e. The second kappa shape index (κ2) is 5.77. The molecule has 1 aliphatic heterocycles. The highest BCUT2D eigenvalue weighted by Gasteiger charge is 2.15. The SMILES string of the molecule is COC(=O)NC(=S)NCC1CCCO1. The van der Waals surface area contributed by atoms with Crippen molar-refractivity contribution in [3.05, 3.63) is 0 Å². The van der Waals surface area contributed by atoms with Crippen molar-refractivity contribution in [3.63, 3.8) is 0 Å². The lowest BCUT2D eigenvalue weighted by Gasteiger charge is -2.12. The molecule has 0 aliphatic carbocycles. The summed E-state index contributed by atoms with van der Waals surface area (Å²) in [6.07, 6.45) is 1.76. The monoisotopic (exact) mass is 218 g/mol. The van der Waals surface area contributed by atoms with Gasteiger partial charge < -0.3 is 14.8 Å². The Bertz CT molecular complexity index is 217. The first-order chi connectivity index (χ1) is 6.72. The first-order valence-corrected chi connectivity index (χ1v) is 4.87. The van der Waals surface area contributed by atoms with Gasteiger partial charge in [0.05, 0.1) is 13.2 Å². The van der Waals surface area contributed by atoms with Crippen LogP contribution in [0.1, 0.15) is 12.8 Å². The number of carbonyl (C=O) groups is 1. The summed E-state index contributed by atoms with van der Waals surface area (Å²) in [4.78, 5) is 10.7. The van der Waals surface area contributed by atoms with Crippen molar-refractivity contribution >= 4 is 23.4 Å². The van der Waals surface area contributed by atoms with Gasteiger partial charge in [-0.2, -0.15) is 0 Å². The second-order valence-electron chi connectivity index (χ2n) is 2.96. The fourth-order valence-corrected chi connectivity index (χ4v) is 1.37. The van der Waals surface area contributed by atoms with Crippen molar-refractivity contribution in [3.8, 4) is 0 Å². The van der Waals surface area contributed by atoms with E-state index in [1.165, 1.54) is 7.11 Å². The number of methoxy groups -OCH3 is 1. The molecule has 2 N–H and O–H groups in total. The van der Waals surface area contributed by atoms with Crippen molar-refractivity contribution in [1.29, 1.82) is 0 Å². The van der Waals surface area contributed by atoms with Crippen molar-refractivity contribution < 1.29 is 14.3 Å². The predicted molar refractivity (Wildman–Crippen MR) is 55.1 cm³/mol. The molecule has 1 amide bonds. The lowest BCUT2D eigenvalue weighted by atomic mass is 10.2. The summed E-state index contributed by atoms with van der Waals surface area (Å²) in [5.41, 5.74) is 0. The van der Waals surface area contributed by atoms with E-state index in [1.54, 1.807) is 0 Å². The molecule has 80 valence electrons. The molecule has 0 aromatic carbocycles. The van der Waals surface area contributed by atoms with E-state index in [2.05, 4.69) is 15.4 Å². The molecular weight excluding hydrogens is 204 g/mol. The third-order valence-corrected chi connectivity index (χ3v) is 2.16. The molecule has 0 bridgehead atoms. The van der Waals surface area contributed by atoms with Crippen LogP contribution in [0.2, 0.25) is 0 Å². The van der Waals surface area contributed by atoms with Gasteiger partial charge in [-0.1, -0.05) is 0 Å². The van der Waals surface area contributed by atoms with Crippen molar-refractivity contribution in [2.75, 3.05) is 20.3 Å². The van der Waals surface area contributed by atoms with E-state index in [1.807, 2.05) is 0 Å². The Hall–Kier alpha value is -0.880. The summed E-state index contributed by atoms with van der Waals surface area (Å²) >= 11 is 4.85. The van der Waals surface area contributed by atoms with Gasteiger partial charge in [0.25, 0.3) is 0 Å². The van der Waals surface area contributed by atoms with E-state index >= 15 is 0 Å². The van der Waals surface area contributed by atoms with Gasteiger partial charge in [0, 0.05) is 13.2 Å². The molecule has 0 aromatic rings. The van der Waals surface area contributed by atoms with E-state index in [0.717, 1.165) is 19.4 Å². The quantitative estimate of drug-likeness (QED) is 0.657. The molecule has 0 aromatic heterocycles. The van der Waals surface area contributed by atoms with Crippen LogP contribution in [0.4, 0.5) is 4.79 Å². The first-order valence-electron chi connectivity index (χ1n) is 4.47. The van der Waals surface area contributed by atoms with Crippen LogP contribution in [0.25, 0.3) is 0 Å². The average Bonchev–Trinajstić information content (AvgIpc) is 2.67. The Labute approximate surface area is 88.1 Å². The van der Waals surface area contributed by atoms with Crippen LogP contribution in [0, 0.1) is 0 Å². The van der Waals surface area contributed by atoms with Gasteiger partial charge in [0.1, 0.15) is 0 Å². The summed E-state index contributed by atoms with van der Waals surface area (Å²) in [7, 11) is 1.29. The van der Waals surface area contributed by atoms with Gasteiger partial charge in [0.15, 0.2) is 5.11 Å². The molecule has 5 nitrogen and oxygen atoms in total. The number of rotatable bonds is 2. The maximum absolute atomic E-state index is 10.7. The van der Waals surface area contributed by atoms with Crippen molar-refractivity contribution in [1.82, 2.24) is 10.6 Å². The average molecular weight is 218 g/mol. The molecule has 1 heterocycles. The summed E-state index contributed by atoms with van der Waals surface area (Å²) in [5, 5.41) is 5.51. The number of ether oxygens (including phenoxy) is 2. The Morgan fingerprint density at radius 1 is 1.71 bits per heavy atom. The van der Waals surface area contributed by atoms with E-state index in [0.29, 0.717) is 6.54 Å². The molecule has 0 spiro atoms. The van der Waals surface area contributed by atoms with Gasteiger partial charge in [-0.15, -0.1) is 0 Å². The highest BCUT2D eigenvalue weighted by atomic mass is 32.1. The zero-order chi connectivity index (χ0) is 10.4. The van der Waals surface area contributed by atoms with E-state index in [4.69, 9.17) is 17.0 Å².